The number of ether oxygens (including phenoxy) is 4. The van der Waals surface area contributed by atoms with Gasteiger partial charge >= 0.3 is 6.09 Å². The van der Waals surface area contributed by atoms with E-state index in [9.17, 15) is 24.9 Å². The third kappa shape index (κ3) is 11.3. The monoisotopic (exact) mass is 748 g/mol. The smallest absolute Gasteiger partial charge is 0.407 e. The third-order valence-electron chi connectivity index (χ3n) is 9.87. The van der Waals surface area contributed by atoms with Gasteiger partial charge in [0.25, 0.3) is 5.91 Å². The van der Waals surface area contributed by atoms with Crippen molar-refractivity contribution < 1.29 is 43.9 Å². The number of hydrogen-bond donors (Lipinski definition) is 3. The van der Waals surface area contributed by atoms with Crippen molar-refractivity contribution in [2.24, 2.45) is 0 Å². The van der Waals surface area contributed by atoms with E-state index in [2.05, 4.69) is 28.0 Å². The summed E-state index contributed by atoms with van der Waals surface area (Å²) < 4.78 is 22.9. The molecule has 0 radical (unpaired) electrons. The molecular weight excluding hydrogens is 692 g/mol. The van der Waals surface area contributed by atoms with Crippen LogP contribution in [-0.4, -0.2) is 131 Å². The molecule has 1 fully saturated rings. The van der Waals surface area contributed by atoms with Crippen molar-refractivity contribution in [3.63, 3.8) is 0 Å². The minimum Gasteiger partial charge on any atom is -0.507 e. The maximum atomic E-state index is 13.9. The van der Waals surface area contributed by atoms with E-state index in [1.54, 1.807) is 11.8 Å². The quantitative estimate of drug-likeness (QED) is 0.150. The van der Waals surface area contributed by atoms with E-state index in [-0.39, 0.29) is 35.3 Å². The fourth-order valence-electron chi connectivity index (χ4n) is 6.73. The van der Waals surface area contributed by atoms with Gasteiger partial charge in [0.1, 0.15) is 29.4 Å². The van der Waals surface area contributed by atoms with Gasteiger partial charge in [-0.05, 0) is 49.9 Å². The lowest BCUT2D eigenvalue weighted by Gasteiger charge is -2.34. The summed E-state index contributed by atoms with van der Waals surface area (Å²) in [6.07, 6.45) is -0.950. The first kappa shape index (κ1) is 40.8. The first-order valence-corrected chi connectivity index (χ1v) is 18.7. The van der Waals surface area contributed by atoms with Gasteiger partial charge in [-0.3, -0.25) is 14.6 Å². The van der Waals surface area contributed by atoms with Crippen LogP contribution in [0.4, 0.5) is 4.79 Å². The van der Waals surface area contributed by atoms with Crippen molar-refractivity contribution in [1.29, 1.82) is 0 Å². The molecule has 2 heterocycles. The molecular formula is C41H56N4O9. The second-order valence-electron chi connectivity index (χ2n) is 14.8. The average Bonchev–Trinajstić information content (AvgIpc) is 3.57. The molecule has 0 atom stereocenters. The zero-order valence-electron chi connectivity index (χ0n) is 32.1. The van der Waals surface area contributed by atoms with E-state index >= 15 is 0 Å². The average molecular weight is 749 g/mol. The van der Waals surface area contributed by atoms with Crippen molar-refractivity contribution in [3.8, 4) is 17.2 Å². The predicted molar refractivity (Wildman–Crippen MR) is 204 cm³/mol. The minimum absolute atomic E-state index is 0.0625. The molecule has 3 aromatic rings. The first-order chi connectivity index (χ1) is 25.9. The van der Waals surface area contributed by atoms with E-state index in [0.29, 0.717) is 64.8 Å². The van der Waals surface area contributed by atoms with Gasteiger partial charge in [0.2, 0.25) is 0 Å². The SMILES string of the molecule is Cc1c(O)cc(O)c(C(=O)N2Cc3ccc(CN4CCN(CCOCCOCCOCCN(C(=O)O)C(C)(C)C)CC4)cc3C2)c1OCc1ccccc1. The summed E-state index contributed by atoms with van der Waals surface area (Å²) in [7, 11) is 0. The highest BCUT2D eigenvalue weighted by Gasteiger charge is 2.31. The van der Waals surface area contributed by atoms with E-state index in [1.807, 2.05) is 51.1 Å². The Hall–Kier alpha value is -4.40. The van der Waals surface area contributed by atoms with Crippen LogP contribution in [0.2, 0.25) is 0 Å². The summed E-state index contributed by atoms with van der Waals surface area (Å²) in [5.74, 6) is -0.580. The Kier molecular flexibility index (Phi) is 14.5. The van der Waals surface area contributed by atoms with Gasteiger partial charge in [0.05, 0.1) is 39.6 Å². The van der Waals surface area contributed by atoms with Crippen LogP contribution in [0.25, 0.3) is 0 Å². The topological polar surface area (TPSA) is 145 Å². The number of hydrogen-bond acceptors (Lipinski definition) is 10. The summed E-state index contributed by atoms with van der Waals surface area (Å²) in [4.78, 5) is 33.2. The molecule has 3 aromatic carbocycles. The van der Waals surface area contributed by atoms with Crippen LogP contribution in [0.3, 0.4) is 0 Å². The van der Waals surface area contributed by atoms with Crippen LogP contribution in [0.15, 0.2) is 54.6 Å². The van der Waals surface area contributed by atoms with E-state index in [1.165, 1.54) is 16.5 Å². The Balaban J connectivity index is 0.986. The van der Waals surface area contributed by atoms with Gasteiger partial charge in [-0.25, -0.2) is 4.79 Å². The molecule has 0 aliphatic carbocycles. The molecule has 1 saturated heterocycles. The number of carbonyl (C=O) groups excluding carboxylic acids is 1. The Morgan fingerprint density at radius 3 is 2.06 bits per heavy atom. The molecule has 0 aromatic heterocycles. The number of fused-ring (bicyclic) bond motifs is 1. The van der Waals surface area contributed by atoms with E-state index in [0.717, 1.165) is 56.0 Å². The molecule has 13 heteroatoms. The number of nitrogens with zero attached hydrogens (tertiary/aromatic N) is 4. The van der Waals surface area contributed by atoms with E-state index < -0.39 is 11.6 Å². The summed E-state index contributed by atoms with van der Waals surface area (Å²) in [6, 6.07) is 17.2. The minimum atomic E-state index is -0.950. The highest BCUT2D eigenvalue weighted by Crippen LogP contribution is 2.40. The molecule has 3 N–H and O–H groups in total. The standard InChI is InChI=1S/C41H56N4O9/c1-30-35(46)25-36(47)37(38(30)54-29-31-8-6-5-7-9-31)39(48)44-27-33-11-10-32(24-34(33)28-44)26-43-14-12-42(13-15-43)16-18-51-20-22-53-23-21-52-19-17-45(40(49)50)41(2,3)4/h5-11,24-25,46-47H,12-23,26-29H2,1-4H3,(H,49,50). The van der Waals surface area contributed by atoms with Crippen molar-refractivity contribution in [3.05, 3.63) is 88.0 Å². The number of benzene rings is 3. The Bertz CT molecular complexity index is 1690. The molecule has 294 valence electrons. The second kappa shape index (κ2) is 19.3. The molecule has 2 aliphatic rings. The van der Waals surface area contributed by atoms with Crippen molar-refractivity contribution in [2.45, 2.75) is 59.5 Å². The molecule has 0 unspecified atom stereocenters. The van der Waals surface area contributed by atoms with Crippen LogP contribution in [-0.2, 0) is 40.5 Å². The largest absolute Gasteiger partial charge is 0.507 e. The van der Waals surface area contributed by atoms with Crippen LogP contribution >= 0.6 is 0 Å². The molecule has 2 aliphatic heterocycles. The zero-order valence-corrected chi connectivity index (χ0v) is 32.1. The van der Waals surface area contributed by atoms with Gasteiger partial charge in [0.15, 0.2) is 0 Å². The predicted octanol–water partition coefficient (Wildman–Crippen LogP) is 5.09. The van der Waals surface area contributed by atoms with Crippen molar-refractivity contribution >= 4 is 12.0 Å². The fourth-order valence-corrected chi connectivity index (χ4v) is 6.73. The highest BCUT2D eigenvalue weighted by molar-refractivity contribution is 6.00. The normalized spacial score (nSPS) is 15.0. The summed E-state index contributed by atoms with van der Waals surface area (Å²) in [5, 5.41) is 30.6. The number of rotatable bonds is 18. The van der Waals surface area contributed by atoms with E-state index in [4.69, 9.17) is 18.9 Å². The van der Waals surface area contributed by atoms with Gasteiger partial charge in [-0.1, -0.05) is 48.5 Å². The summed E-state index contributed by atoms with van der Waals surface area (Å²) in [6.45, 7) is 17.0. The van der Waals surface area contributed by atoms with Crippen LogP contribution < -0.4 is 4.74 Å². The molecule has 0 saturated carbocycles. The molecule has 0 spiro atoms. The van der Waals surface area contributed by atoms with Gasteiger partial charge in [0, 0.05) is 76.1 Å². The van der Waals surface area contributed by atoms with Crippen molar-refractivity contribution in [2.75, 3.05) is 78.9 Å². The number of phenolic OH excluding ortho intramolecular Hbond substituents is 2. The van der Waals surface area contributed by atoms with Crippen LogP contribution in [0, 0.1) is 6.92 Å². The Morgan fingerprint density at radius 1 is 0.759 bits per heavy atom. The number of aromatic hydroxyl groups is 2. The maximum Gasteiger partial charge on any atom is 0.407 e. The molecule has 0 bridgehead atoms. The Morgan fingerprint density at radius 2 is 1.39 bits per heavy atom. The lowest BCUT2D eigenvalue weighted by atomic mass is 10.1. The van der Waals surface area contributed by atoms with Gasteiger partial charge in [-0.2, -0.15) is 0 Å². The molecule has 5 rings (SSSR count). The van der Waals surface area contributed by atoms with Crippen molar-refractivity contribution in [1.82, 2.24) is 19.6 Å². The lowest BCUT2D eigenvalue weighted by Crippen LogP contribution is -2.46. The van der Waals surface area contributed by atoms with Gasteiger partial charge < -0.3 is 44.1 Å². The molecule has 2 amide bonds. The number of carboxylic acid groups (broad SMARTS) is 1. The number of amides is 2. The Labute approximate surface area is 318 Å². The first-order valence-electron chi connectivity index (χ1n) is 18.7. The molecule has 13 nitrogen and oxygen atoms in total. The third-order valence-corrected chi connectivity index (χ3v) is 9.87. The fraction of sp³-hybridized carbons (Fsp3) is 0.512. The molecule has 54 heavy (non-hydrogen) atoms. The number of carbonyl (C=O) groups is 2. The lowest BCUT2D eigenvalue weighted by molar-refractivity contribution is 0.00156. The zero-order chi connectivity index (χ0) is 38.7. The summed E-state index contributed by atoms with van der Waals surface area (Å²) >= 11 is 0. The highest BCUT2D eigenvalue weighted by atomic mass is 16.5. The maximum absolute atomic E-state index is 13.9. The van der Waals surface area contributed by atoms with Gasteiger partial charge in [-0.15, -0.1) is 0 Å². The number of piperazine rings is 1. The van der Waals surface area contributed by atoms with Crippen LogP contribution in [0.5, 0.6) is 17.2 Å². The number of phenols is 2. The summed E-state index contributed by atoms with van der Waals surface area (Å²) in [5.41, 5.74) is 4.29. The second-order valence-corrected chi connectivity index (χ2v) is 14.8. The van der Waals surface area contributed by atoms with Crippen LogP contribution in [0.1, 0.15) is 58.9 Å².